The average molecular weight is 234 g/mol. The Morgan fingerprint density at radius 1 is 1.53 bits per heavy atom. The van der Waals surface area contributed by atoms with Crippen molar-refractivity contribution in [2.45, 2.75) is 26.3 Å². The third-order valence-electron chi connectivity index (χ3n) is 2.71. The lowest BCUT2D eigenvalue weighted by molar-refractivity contribution is -0.120. The molecule has 2 N–H and O–H groups in total. The summed E-state index contributed by atoms with van der Waals surface area (Å²) in [7, 11) is 0. The van der Waals surface area contributed by atoms with Crippen molar-refractivity contribution in [3.63, 3.8) is 0 Å². The number of aromatic nitrogens is 2. The molecule has 1 aliphatic carbocycles. The van der Waals surface area contributed by atoms with Crippen molar-refractivity contribution >= 4 is 5.91 Å². The van der Waals surface area contributed by atoms with Gasteiger partial charge in [-0.25, -0.2) is 9.97 Å². The van der Waals surface area contributed by atoms with Gasteiger partial charge in [-0.15, -0.1) is 0 Å². The number of hydrogen-bond donors (Lipinski definition) is 2. The molecule has 1 fully saturated rings. The highest BCUT2D eigenvalue weighted by atomic mass is 16.1. The molecule has 0 bridgehead atoms. The Balaban J connectivity index is 1.62. The number of amides is 1. The van der Waals surface area contributed by atoms with Crippen LogP contribution in [0.25, 0.3) is 0 Å². The second kappa shape index (κ2) is 5.72. The normalized spacial score (nSPS) is 14.6. The summed E-state index contributed by atoms with van der Waals surface area (Å²) in [6, 6.07) is 1.85. The first-order valence-electron chi connectivity index (χ1n) is 6.00. The smallest absolute Gasteiger partial charge is 0.233 e. The summed E-state index contributed by atoms with van der Waals surface area (Å²) in [5, 5.41) is 5.98. The summed E-state index contributed by atoms with van der Waals surface area (Å²) in [6.07, 6.45) is 4.24. The molecule has 1 heterocycles. The molecule has 1 amide bonds. The van der Waals surface area contributed by atoms with Crippen molar-refractivity contribution < 1.29 is 4.79 Å². The molecule has 1 aromatic rings. The van der Waals surface area contributed by atoms with Gasteiger partial charge in [0, 0.05) is 19.3 Å². The van der Waals surface area contributed by atoms with Crippen molar-refractivity contribution in [1.82, 2.24) is 20.6 Å². The summed E-state index contributed by atoms with van der Waals surface area (Å²) >= 11 is 0. The van der Waals surface area contributed by atoms with Crippen LogP contribution in [-0.4, -0.2) is 29.0 Å². The first-order valence-corrected chi connectivity index (χ1v) is 6.00. The summed E-state index contributed by atoms with van der Waals surface area (Å²) in [6.45, 7) is 3.62. The molecular formula is C12H18N4O. The highest BCUT2D eigenvalue weighted by Crippen LogP contribution is 2.27. The van der Waals surface area contributed by atoms with Gasteiger partial charge in [0.05, 0.1) is 12.2 Å². The van der Waals surface area contributed by atoms with Crippen LogP contribution in [0.4, 0.5) is 0 Å². The standard InChI is InChI=1S/C12H18N4O/c1-9-14-5-4-11(16-9)7-13-8-12(17)15-6-10-2-3-10/h4-5,10,13H,2-3,6-8H2,1H3,(H,15,17). The second-order valence-corrected chi connectivity index (χ2v) is 4.45. The number of hydrogen-bond acceptors (Lipinski definition) is 4. The number of nitrogens with zero attached hydrogens (tertiary/aromatic N) is 2. The lowest BCUT2D eigenvalue weighted by Crippen LogP contribution is -2.34. The Morgan fingerprint density at radius 2 is 2.35 bits per heavy atom. The Hall–Kier alpha value is -1.49. The zero-order valence-corrected chi connectivity index (χ0v) is 10.1. The summed E-state index contributed by atoms with van der Waals surface area (Å²) < 4.78 is 0. The average Bonchev–Trinajstić information content (AvgIpc) is 3.10. The minimum absolute atomic E-state index is 0.0580. The van der Waals surface area contributed by atoms with Crippen LogP contribution in [-0.2, 0) is 11.3 Å². The van der Waals surface area contributed by atoms with E-state index in [-0.39, 0.29) is 5.91 Å². The molecule has 0 aromatic carbocycles. The molecule has 0 unspecified atom stereocenters. The van der Waals surface area contributed by atoms with Gasteiger partial charge in [-0.3, -0.25) is 4.79 Å². The van der Waals surface area contributed by atoms with E-state index >= 15 is 0 Å². The highest BCUT2D eigenvalue weighted by molar-refractivity contribution is 5.77. The van der Waals surface area contributed by atoms with Gasteiger partial charge in [-0.05, 0) is 31.7 Å². The van der Waals surface area contributed by atoms with Crippen LogP contribution in [0.3, 0.4) is 0 Å². The van der Waals surface area contributed by atoms with E-state index in [4.69, 9.17) is 0 Å². The quantitative estimate of drug-likeness (QED) is 0.747. The van der Waals surface area contributed by atoms with Gasteiger partial charge in [0.1, 0.15) is 5.82 Å². The predicted molar refractivity (Wildman–Crippen MR) is 64.2 cm³/mol. The van der Waals surface area contributed by atoms with Gasteiger partial charge >= 0.3 is 0 Å². The van der Waals surface area contributed by atoms with Crippen LogP contribution in [0, 0.1) is 12.8 Å². The van der Waals surface area contributed by atoms with E-state index in [0.29, 0.717) is 13.1 Å². The molecule has 1 aromatic heterocycles. The molecule has 92 valence electrons. The number of rotatable bonds is 6. The fraction of sp³-hybridized carbons (Fsp3) is 0.583. The molecule has 2 rings (SSSR count). The Morgan fingerprint density at radius 3 is 3.06 bits per heavy atom. The Labute approximate surface area is 101 Å². The van der Waals surface area contributed by atoms with E-state index in [0.717, 1.165) is 24.0 Å². The fourth-order valence-corrected chi connectivity index (χ4v) is 1.55. The van der Waals surface area contributed by atoms with Gasteiger partial charge in [-0.2, -0.15) is 0 Å². The van der Waals surface area contributed by atoms with Crippen LogP contribution in [0.1, 0.15) is 24.4 Å². The summed E-state index contributed by atoms with van der Waals surface area (Å²) in [4.78, 5) is 19.7. The molecule has 5 nitrogen and oxygen atoms in total. The Kier molecular flexibility index (Phi) is 4.03. The second-order valence-electron chi connectivity index (χ2n) is 4.45. The molecule has 0 radical (unpaired) electrons. The molecule has 0 saturated heterocycles. The summed E-state index contributed by atoms with van der Waals surface area (Å²) in [5.74, 6) is 1.54. The van der Waals surface area contributed by atoms with E-state index in [1.807, 2.05) is 13.0 Å². The molecule has 17 heavy (non-hydrogen) atoms. The van der Waals surface area contributed by atoms with Gasteiger partial charge in [0.2, 0.25) is 5.91 Å². The van der Waals surface area contributed by atoms with Crippen LogP contribution in [0.15, 0.2) is 12.3 Å². The number of aryl methyl sites for hydroxylation is 1. The zero-order chi connectivity index (χ0) is 12.1. The lowest BCUT2D eigenvalue weighted by atomic mass is 10.4. The number of nitrogens with one attached hydrogen (secondary N) is 2. The van der Waals surface area contributed by atoms with Crippen LogP contribution < -0.4 is 10.6 Å². The molecular weight excluding hydrogens is 216 g/mol. The summed E-state index contributed by atoms with van der Waals surface area (Å²) in [5.41, 5.74) is 0.910. The van der Waals surface area contributed by atoms with Crippen LogP contribution in [0.2, 0.25) is 0 Å². The monoisotopic (exact) mass is 234 g/mol. The molecule has 0 aliphatic heterocycles. The number of carbonyl (C=O) groups is 1. The van der Waals surface area contributed by atoms with Crippen molar-refractivity contribution in [3.05, 3.63) is 23.8 Å². The van der Waals surface area contributed by atoms with Gasteiger partial charge in [-0.1, -0.05) is 0 Å². The van der Waals surface area contributed by atoms with Crippen LogP contribution >= 0.6 is 0 Å². The van der Waals surface area contributed by atoms with E-state index in [9.17, 15) is 4.79 Å². The molecule has 5 heteroatoms. The molecule has 0 atom stereocenters. The minimum Gasteiger partial charge on any atom is -0.355 e. The van der Waals surface area contributed by atoms with Crippen LogP contribution in [0.5, 0.6) is 0 Å². The van der Waals surface area contributed by atoms with Crippen molar-refractivity contribution in [2.24, 2.45) is 5.92 Å². The van der Waals surface area contributed by atoms with Crippen molar-refractivity contribution in [2.75, 3.05) is 13.1 Å². The first-order chi connectivity index (χ1) is 8.24. The maximum Gasteiger partial charge on any atom is 0.233 e. The first kappa shape index (κ1) is 12.0. The van der Waals surface area contributed by atoms with E-state index in [1.165, 1.54) is 12.8 Å². The topological polar surface area (TPSA) is 66.9 Å². The molecule has 1 saturated carbocycles. The van der Waals surface area contributed by atoms with E-state index in [2.05, 4.69) is 20.6 Å². The predicted octanol–water partition coefficient (Wildman–Crippen LogP) is 0.401. The van der Waals surface area contributed by atoms with E-state index < -0.39 is 0 Å². The third kappa shape index (κ3) is 4.48. The Bertz CT molecular complexity index is 390. The lowest BCUT2D eigenvalue weighted by Gasteiger charge is -2.05. The fourth-order valence-electron chi connectivity index (χ4n) is 1.55. The maximum absolute atomic E-state index is 11.4. The largest absolute Gasteiger partial charge is 0.355 e. The zero-order valence-electron chi connectivity index (χ0n) is 10.1. The molecule has 1 aliphatic rings. The highest BCUT2D eigenvalue weighted by Gasteiger charge is 2.21. The van der Waals surface area contributed by atoms with Crippen molar-refractivity contribution in [1.29, 1.82) is 0 Å². The van der Waals surface area contributed by atoms with Gasteiger partial charge < -0.3 is 10.6 Å². The van der Waals surface area contributed by atoms with Gasteiger partial charge in [0.15, 0.2) is 0 Å². The molecule has 0 spiro atoms. The minimum atomic E-state index is 0.0580. The third-order valence-corrected chi connectivity index (χ3v) is 2.71. The van der Waals surface area contributed by atoms with Crippen molar-refractivity contribution in [3.8, 4) is 0 Å². The number of carbonyl (C=O) groups excluding carboxylic acids is 1. The SMILES string of the molecule is Cc1nccc(CNCC(=O)NCC2CC2)n1. The van der Waals surface area contributed by atoms with E-state index in [1.54, 1.807) is 6.20 Å². The van der Waals surface area contributed by atoms with Gasteiger partial charge in [0.25, 0.3) is 0 Å². The maximum atomic E-state index is 11.4.